The van der Waals surface area contributed by atoms with Gasteiger partial charge in [0.15, 0.2) is 0 Å². The molecule has 0 saturated carbocycles. The van der Waals surface area contributed by atoms with Crippen LogP contribution in [-0.4, -0.2) is 23.9 Å². The Labute approximate surface area is 117 Å². The van der Waals surface area contributed by atoms with Crippen molar-refractivity contribution < 1.29 is 4.79 Å². The lowest BCUT2D eigenvalue weighted by molar-refractivity contribution is -0.129. The molecule has 1 aromatic carbocycles. The first kappa shape index (κ1) is 14.8. The molecule has 4 heteroatoms. The van der Waals surface area contributed by atoms with Gasteiger partial charge in [-0.05, 0) is 17.7 Å². The van der Waals surface area contributed by atoms with Gasteiger partial charge in [-0.25, -0.2) is 0 Å². The van der Waals surface area contributed by atoms with Crippen molar-refractivity contribution in [3.05, 3.63) is 59.1 Å². The lowest BCUT2D eigenvalue weighted by atomic mass is 10.1. The SMILES string of the molecule is C=CCN(CC=C)C(=O)Cc1c(Cl)cccc1Cl. The fourth-order valence-electron chi connectivity index (χ4n) is 1.55. The third-order valence-corrected chi connectivity index (χ3v) is 3.15. The first-order valence-corrected chi connectivity index (χ1v) is 6.28. The summed E-state index contributed by atoms with van der Waals surface area (Å²) in [6, 6.07) is 5.20. The van der Waals surface area contributed by atoms with E-state index in [1.807, 2.05) is 0 Å². The lowest BCUT2D eigenvalue weighted by Gasteiger charge is -2.19. The molecule has 18 heavy (non-hydrogen) atoms. The van der Waals surface area contributed by atoms with Gasteiger partial charge in [-0.1, -0.05) is 41.4 Å². The number of carbonyl (C=O) groups is 1. The van der Waals surface area contributed by atoms with E-state index in [4.69, 9.17) is 23.2 Å². The van der Waals surface area contributed by atoms with Gasteiger partial charge in [-0.3, -0.25) is 4.79 Å². The molecule has 0 aliphatic heterocycles. The Balaban J connectivity index is 2.85. The van der Waals surface area contributed by atoms with Crippen LogP contribution < -0.4 is 0 Å². The Kier molecular flexibility index (Phi) is 5.96. The van der Waals surface area contributed by atoms with Crippen LogP contribution in [-0.2, 0) is 11.2 Å². The van der Waals surface area contributed by atoms with Crippen molar-refractivity contribution in [3.63, 3.8) is 0 Å². The summed E-state index contributed by atoms with van der Waals surface area (Å²) in [6.07, 6.45) is 3.53. The van der Waals surface area contributed by atoms with Crippen LogP contribution in [0.2, 0.25) is 10.0 Å². The minimum atomic E-state index is -0.0511. The van der Waals surface area contributed by atoms with Crippen molar-refractivity contribution in [2.75, 3.05) is 13.1 Å². The molecule has 96 valence electrons. The van der Waals surface area contributed by atoms with Gasteiger partial charge in [0, 0.05) is 23.1 Å². The normalized spacial score (nSPS) is 9.89. The number of hydrogen-bond acceptors (Lipinski definition) is 1. The number of nitrogens with zero attached hydrogens (tertiary/aromatic N) is 1. The first-order valence-electron chi connectivity index (χ1n) is 5.52. The van der Waals surface area contributed by atoms with Crippen LogP contribution in [0.3, 0.4) is 0 Å². The molecular weight excluding hydrogens is 269 g/mol. The van der Waals surface area contributed by atoms with Gasteiger partial charge in [-0.2, -0.15) is 0 Å². The van der Waals surface area contributed by atoms with Gasteiger partial charge >= 0.3 is 0 Å². The molecule has 0 radical (unpaired) electrons. The van der Waals surface area contributed by atoms with E-state index in [0.29, 0.717) is 28.7 Å². The van der Waals surface area contributed by atoms with Gasteiger partial charge in [0.05, 0.1) is 6.42 Å². The number of amides is 1. The highest BCUT2D eigenvalue weighted by Gasteiger charge is 2.15. The third-order valence-electron chi connectivity index (χ3n) is 2.44. The number of hydrogen-bond donors (Lipinski definition) is 0. The largest absolute Gasteiger partial charge is 0.335 e. The topological polar surface area (TPSA) is 20.3 Å². The molecule has 0 saturated heterocycles. The van der Waals surface area contributed by atoms with E-state index >= 15 is 0 Å². The fourth-order valence-corrected chi connectivity index (χ4v) is 2.09. The summed E-state index contributed by atoms with van der Waals surface area (Å²) in [4.78, 5) is 13.7. The van der Waals surface area contributed by atoms with Crippen LogP contribution in [0.25, 0.3) is 0 Å². The van der Waals surface area contributed by atoms with E-state index in [1.54, 1.807) is 35.3 Å². The summed E-state index contributed by atoms with van der Waals surface area (Å²) in [5.74, 6) is -0.0511. The van der Waals surface area contributed by atoms with E-state index in [2.05, 4.69) is 13.2 Å². The molecule has 0 unspecified atom stereocenters. The van der Waals surface area contributed by atoms with Crippen LogP contribution in [0.1, 0.15) is 5.56 Å². The van der Waals surface area contributed by atoms with E-state index in [9.17, 15) is 4.79 Å². The monoisotopic (exact) mass is 283 g/mol. The Hall–Kier alpha value is -1.25. The standard InChI is InChI=1S/C14H15Cl2NO/c1-3-8-17(9-4-2)14(18)10-11-12(15)6-5-7-13(11)16/h3-7H,1-2,8-10H2. The van der Waals surface area contributed by atoms with Gasteiger partial charge in [0.25, 0.3) is 0 Å². The summed E-state index contributed by atoms with van der Waals surface area (Å²) in [6.45, 7) is 8.21. The zero-order valence-corrected chi connectivity index (χ0v) is 11.5. The maximum Gasteiger partial charge on any atom is 0.227 e. The van der Waals surface area contributed by atoms with Crippen molar-refractivity contribution in [1.82, 2.24) is 4.90 Å². The molecule has 0 N–H and O–H groups in total. The number of rotatable bonds is 6. The zero-order chi connectivity index (χ0) is 13.5. The molecule has 0 aliphatic rings. The molecule has 0 aromatic heterocycles. The highest BCUT2D eigenvalue weighted by Crippen LogP contribution is 2.25. The Bertz CT molecular complexity index is 427. The van der Waals surface area contributed by atoms with Crippen LogP contribution in [0.4, 0.5) is 0 Å². The van der Waals surface area contributed by atoms with Crippen LogP contribution >= 0.6 is 23.2 Å². The van der Waals surface area contributed by atoms with Gasteiger partial charge in [0.2, 0.25) is 5.91 Å². The number of benzene rings is 1. The fraction of sp³-hybridized carbons (Fsp3) is 0.214. The van der Waals surface area contributed by atoms with Crippen LogP contribution in [0.5, 0.6) is 0 Å². The zero-order valence-electron chi connectivity index (χ0n) is 10.0. The van der Waals surface area contributed by atoms with Gasteiger partial charge in [0.1, 0.15) is 0 Å². The summed E-state index contributed by atoms with van der Waals surface area (Å²) in [5.41, 5.74) is 0.656. The second kappa shape index (κ2) is 7.24. The third kappa shape index (κ3) is 3.90. The highest BCUT2D eigenvalue weighted by molar-refractivity contribution is 6.36. The van der Waals surface area contributed by atoms with E-state index < -0.39 is 0 Å². The van der Waals surface area contributed by atoms with Crippen molar-refractivity contribution in [2.24, 2.45) is 0 Å². The minimum Gasteiger partial charge on any atom is -0.335 e. The second-order valence-electron chi connectivity index (χ2n) is 3.75. The van der Waals surface area contributed by atoms with Crippen molar-refractivity contribution in [1.29, 1.82) is 0 Å². The lowest BCUT2D eigenvalue weighted by Crippen LogP contribution is -2.32. The summed E-state index contributed by atoms with van der Waals surface area (Å²) in [7, 11) is 0. The summed E-state index contributed by atoms with van der Waals surface area (Å²) < 4.78 is 0. The molecular formula is C14H15Cl2NO. The highest BCUT2D eigenvalue weighted by atomic mass is 35.5. The predicted molar refractivity (Wildman–Crippen MR) is 77.1 cm³/mol. The smallest absolute Gasteiger partial charge is 0.227 e. The molecule has 0 atom stereocenters. The molecule has 0 aliphatic carbocycles. The van der Waals surface area contributed by atoms with Crippen molar-refractivity contribution in [3.8, 4) is 0 Å². The van der Waals surface area contributed by atoms with Crippen LogP contribution in [0.15, 0.2) is 43.5 Å². The maximum atomic E-state index is 12.1. The number of carbonyl (C=O) groups excluding carboxylic acids is 1. The maximum absolute atomic E-state index is 12.1. The van der Waals surface area contributed by atoms with Gasteiger partial charge < -0.3 is 4.90 Å². The van der Waals surface area contributed by atoms with Crippen molar-refractivity contribution in [2.45, 2.75) is 6.42 Å². The first-order chi connectivity index (χ1) is 8.60. The average Bonchev–Trinajstić information content (AvgIpc) is 2.33. The molecule has 2 nitrogen and oxygen atoms in total. The van der Waals surface area contributed by atoms with Crippen molar-refractivity contribution >= 4 is 29.1 Å². The quantitative estimate of drug-likeness (QED) is 0.729. The van der Waals surface area contributed by atoms with E-state index in [0.717, 1.165) is 0 Å². The number of halogens is 2. The molecule has 0 spiro atoms. The molecule has 1 rings (SSSR count). The Morgan fingerprint density at radius 3 is 2.11 bits per heavy atom. The summed E-state index contributed by atoms with van der Waals surface area (Å²) >= 11 is 12.1. The Morgan fingerprint density at radius 1 is 1.17 bits per heavy atom. The van der Waals surface area contributed by atoms with Crippen LogP contribution in [0, 0.1) is 0 Å². The average molecular weight is 284 g/mol. The molecule has 0 bridgehead atoms. The molecule has 1 aromatic rings. The molecule has 1 amide bonds. The predicted octanol–water partition coefficient (Wildman–Crippen LogP) is 3.74. The summed E-state index contributed by atoms with van der Waals surface area (Å²) in [5, 5.41) is 1.01. The minimum absolute atomic E-state index is 0.0511. The van der Waals surface area contributed by atoms with Gasteiger partial charge in [-0.15, -0.1) is 13.2 Å². The molecule has 0 heterocycles. The second-order valence-corrected chi connectivity index (χ2v) is 4.57. The van der Waals surface area contributed by atoms with E-state index in [1.165, 1.54) is 0 Å². The molecule has 0 fully saturated rings. The van der Waals surface area contributed by atoms with E-state index in [-0.39, 0.29) is 12.3 Å². The Morgan fingerprint density at radius 2 is 1.67 bits per heavy atom.